The van der Waals surface area contributed by atoms with Gasteiger partial charge in [-0.05, 0) is 49.4 Å². The van der Waals surface area contributed by atoms with Crippen molar-refractivity contribution in [2.24, 2.45) is 0 Å². The van der Waals surface area contributed by atoms with Gasteiger partial charge in [0, 0.05) is 5.02 Å². The molecule has 6 nitrogen and oxygen atoms in total. The molecule has 0 saturated carbocycles. The zero-order valence-corrected chi connectivity index (χ0v) is 15.9. The molecule has 1 aromatic heterocycles. The third-order valence-corrected chi connectivity index (χ3v) is 4.15. The average molecular weight is 399 g/mol. The maximum Gasteiger partial charge on any atom is 0.265 e. The summed E-state index contributed by atoms with van der Waals surface area (Å²) in [5.74, 6) is 0.417. The lowest BCUT2D eigenvalue weighted by Crippen LogP contribution is -2.31. The Morgan fingerprint density at radius 1 is 1.11 bits per heavy atom. The minimum atomic E-state index is -0.780. The van der Waals surface area contributed by atoms with Gasteiger partial charge in [-0.15, -0.1) is 0 Å². The first kappa shape index (κ1) is 19.5. The zero-order chi connectivity index (χ0) is 19.9. The van der Waals surface area contributed by atoms with Crippen LogP contribution in [0.15, 0.2) is 71.3 Å². The van der Waals surface area contributed by atoms with Crippen LogP contribution in [0, 0.1) is 0 Å². The number of ether oxygens (including phenoxy) is 1. The fraction of sp³-hybridized carbons (Fsp3) is 0.143. The third-order valence-electron chi connectivity index (χ3n) is 3.91. The number of furan rings is 1. The van der Waals surface area contributed by atoms with E-state index in [-0.39, 0.29) is 18.4 Å². The number of para-hydroxylation sites is 1. The average Bonchev–Trinajstić information content (AvgIpc) is 3.20. The van der Waals surface area contributed by atoms with Crippen molar-refractivity contribution in [2.75, 3.05) is 5.32 Å². The monoisotopic (exact) mass is 398 g/mol. The summed E-state index contributed by atoms with van der Waals surface area (Å²) in [5.41, 5.74) is 0.739. The van der Waals surface area contributed by atoms with E-state index in [2.05, 4.69) is 10.6 Å². The van der Waals surface area contributed by atoms with Gasteiger partial charge in [-0.1, -0.05) is 29.8 Å². The number of amides is 2. The van der Waals surface area contributed by atoms with Crippen LogP contribution in [0.5, 0.6) is 5.75 Å². The molecule has 2 N–H and O–H groups in total. The number of hydrogen-bond acceptors (Lipinski definition) is 4. The Morgan fingerprint density at radius 2 is 1.93 bits per heavy atom. The van der Waals surface area contributed by atoms with Gasteiger partial charge >= 0.3 is 0 Å². The van der Waals surface area contributed by atoms with Crippen LogP contribution in [0.4, 0.5) is 5.69 Å². The van der Waals surface area contributed by atoms with E-state index in [1.54, 1.807) is 67.6 Å². The van der Waals surface area contributed by atoms with E-state index in [0.717, 1.165) is 0 Å². The van der Waals surface area contributed by atoms with Crippen molar-refractivity contribution < 1.29 is 18.7 Å². The van der Waals surface area contributed by atoms with E-state index in [1.165, 1.54) is 6.26 Å². The van der Waals surface area contributed by atoms with Crippen LogP contribution in [0.25, 0.3) is 0 Å². The van der Waals surface area contributed by atoms with E-state index >= 15 is 0 Å². The molecule has 0 aliphatic rings. The Bertz CT molecular complexity index is 957. The Hall–Kier alpha value is -3.25. The van der Waals surface area contributed by atoms with Gasteiger partial charge in [0.15, 0.2) is 6.10 Å². The summed E-state index contributed by atoms with van der Waals surface area (Å²) in [6.07, 6.45) is 0.759. The molecule has 0 fully saturated rings. The summed E-state index contributed by atoms with van der Waals surface area (Å²) in [6, 6.07) is 17.1. The van der Waals surface area contributed by atoms with Crippen molar-refractivity contribution in [3.63, 3.8) is 0 Å². The van der Waals surface area contributed by atoms with E-state index in [4.69, 9.17) is 20.8 Å². The molecule has 1 atom stereocenters. The highest BCUT2D eigenvalue weighted by molar-refractivity contribution is 6.30. The second-order valence-corrected chi connectivity index (χ2v) is 6.45. The number of halogens is 1. The molecule has 1 heterocycles. The van der Waals surface area contributed by atoms with Crippen molar-refractivity contribution in [1.82, 2.24) is 5.32 Å². The van der Waals surface area contributed by atoms with E-state index < -0.39 is 6.10 Å². The van der Waals surface area contributed by atoms with Crippen LogP contribution in [0.3, 0.4) is 0 Å². The summed E-state index contributed by atoms with van der Waals surface area (Å²) in [5, 5.41) is 6.02. The predicted octanol–water partition coefficient (Wildman–Crippen LogP) is 4.27. The molecule has 0 radical (unpaired) electrons. The molecule has 0 aliphatic heterocycles. The van der Waals surface area contributed by atoms with E-state index in [9.17, 15) is 9.59 Å². The lowest BCUT2D eigenvalue weighted by molar-refractivity contribution is -0.122. The van der Waals surface area contributed by atoms with Gasteiger partial charge in [0.2, 0.25) is 0 Å². The number of nitrogens with one attached hydrogen (secondary N) is 2. The maximum absolute atomic E-state index is 12.5. The molecule has 0 saturated heterocycles. The largest absolute Gasteiger partial charge is 0.481 e. The van der Waals surface area contributed by atoms with Crippen molar-refractivity contribution in [3.8, 4) is 5.75 Å². The number of benzene rings is 2. The molecular formula is C21H19ClN2O4. The van der Waals surface area contributed by atoms with Crippen molar-refractivity contribution >= 4 is 29.1 Å². The fourth-order valence-corrected chi connectivity index (χ4v) is 2.68. The molecule has 7 heteroatoms. The number of anilines is 1. The maximum atomic E-state index is 12.5. The number of carbonyl (C=O) groups excluding carboxylic acids is 2. The molecule has 2 aromatic carbocycles. The Morgan fingerprint density at radius 3 is 2.68 bits per heavy atom. The van der Waals surface area contributed by atoms with E-state index in [1.807, 2.05) is 0 Å². The van der Waals surface area contributed by atoms with Gasteiger partial charge in [-0.2, -0.15) is 0 Å². The minimum Gasteiger partial charge on any atom is -0.481 e. The molecule has 0 spiro atoms. The van der Waals surface area contributed by atoms with Crippen LogP contribution in [-0.2, 0) is 11.3 Å². The topological polar surface area (TPSA) is 80.6 Å². The van der Waals surface area contributed by atoms with Gasteiger partial charge in [0.1, 0.15) is 11.5 Å². The SMILES string of the molecule is CC(Oc1cccc(Cl)c1)C(=O)Nc1ccccc1C(=O)NCc1ccco1. The van der Waals surface area contributed by atoms with E-state index in [0.29, 0.717) is 27.8 Å². The second kappa shape index (κ2) is 9.10. The molecule has 2 amide bonds. The number of carbonyl (C=O) groups is 2. The first-order valence-corrected chi connectivity index (χ1v) is 9.03. The van der Waals surface area contributed by atoms with Gasteiger partial charge in [-0.3, -0.25) is 9.59 Å². The highest BCUT2D eigenvalue weighted by atomic mass is 35.5. The van der Waals surface area contributed by atoms with Crippen molar-refractivity contribution in [1.29, 1.82) is 0 Å². The molecule has 3 aromatic rings. The summed E-state index contributed by atoms with van der Waals surface area (Å²) >= 11 is 5.93. The lowest BCUT2D eigenvalue weighted by Gasteiger charge is -2.16. The summed E-state index contributed by atoms with van der Waals surface area (Å²) in [7, 11) is 0. The van der Waals surface area contributed by atoms with Gasteiger partial charge < -0.3 is 19.8 Å². The second-order valence-electron chi connectivity index (χ2n) is 6.01. The highest BCUT2D eigenvalue weighted by Gasteiger charge is 2.18. The summed E-state index contributed by atoms with van der Waals surface area (Å²) in [6.45, 7) is 1.87. The Labute approximate surface area is 167 Å². The Balaban J connectivity index is 1.64. The van der Waals surface area contributed by atoms with Crippen molar-refractivity contribution in [2.45, 2.75) is 19.6 Å². The number of rotatable bonds is 7. The third kappa shape index (κ3) is 5.14. The van der Waals surface area contributed by atoms with Gasteiger partial charge in [0.05, 0.1) is 24.1 Å². The molecule has 1 unspecified atom stereocenters. The normalized spacial score (nSPS) is 11.5. The molecule has 28 heavy (non-hydrogen) atoms. The van der Waals surface area contributed by atoms with Crippen LogP contribution in [0.2, 0.25) is 5.02 Å². The lowest BCUT2D eigenvalue weighted by atomic mass is 10.1. The fourth-order valence-electron chi connectivity index (χ4n) is 2.50. The minimum absolute atomic E-state index is 0.252. The summed E-state index contributed by atoms with van der Waals surface area (Å²) in [4.78, 5) is 25.0. The first-order valence-electron chi connectivity index (χ1n) is 8.65. The van der Waals surface area contributed by atoms with Crippen LogP contribution < -0.4 is 15.4 Å². The smallest absolute Gasteiger partial charge is 0.265 e. The summed E-state index contributed by atoms with van der Waals surface area (Å²) < 4.78 is 10.8. The van der Waals surface area contributed by atoms with Crippen LogP contribution in [0.1, 0.15) is 23.0 Å². The molecule has 3 rings (SSSR count). The molecule has 0 aliphatic carbocycles. The Kier molecular flexibility index (Phi) is 6.34. The van der Waals surface area contributed by atoms with Crippen molar-refractivity contribution in [3.05, 3.63) is 83.3 Å². The molecule has 0 bridgehead atoms. The molecular weight excluding hydrogens is 380 g/mol. The standard InChI is InChI=1S/C21H19ClN2O4/c1-14(28-16-7-4-6-15(22)12-16)20(25)24-19-10-3-2-9-18(19)21(26)23-13-17-8-5-11-27-17/h2-12,14H,13H2,1H3,(H,23,26)(H,24,25). The van der Waals surface area contributed by atoms with Gasteiger partial charge in [-0.25, -0.2) is 0 Å². The first-order chi connectivity index (χ1) is 13.5. The van der Waals surface area contributed by atoms with Gasteiger partial charge in [0.25, 0.3) is 11.8 Å². The van der Waals surface area contributed by atoms with Crippen LogP contribution >= 0.6 is 11.6 Å². The quantitative estimate of drug-likeness (QED) is 0.622. The zero-order valence-electron chi connectivity index (χ0n) is 15.1. The van der Waals surface area contributed by atoms with Crippen LogP contribution in [-0.4, -0.2) is 17.9 Å². The molecule has 144 valence electrons. The highest BCUT2D eigenvalue weighted by Crippen LogP contribution is 2.20. The number of hydrogen-bond donors (Lipinski definition) is 2. The predicted molar refractivity (Wildman–Crippen MR) is 106 cm³/mol.